The Labute approximate surface area is 108 Å². The van der Waals surface area contributed by atoms with Gasteiger partial charge in [-0.3, -0.25) is 4.79 Å². The van der Waals surface area contributed by atoms with Gasteiger partial charge in [0.25, 0.3) is 0 Å². The van der Waals surface area contributed by atoms with Crippen LogP contribution in [-0.4, -0.2) is 30.9 Å². The van der Waals surface area contributed by atoms with Gasteiger partial charge in [0.2, 0.25) is 5.91 Å². The molecule has 1 aromatic rings. The summed E-state index contributed by atoms with van der Waals surface area (Å²) in [5.41, 5.74) is 6.51. The number of halogens is 2. The lowest BCUT2D eigenvalue weighted by Gasteiger charge is -2.16. The molecule has 0 saturated carbocycles. The zero-order chi connectivity index (χ0) is 13.0. The van der Waals surface area contributed by atoms with Crippen LogP contribution in [0.4, 0.5) is 15.8 Å². The van der Waals surface area contributed by atoms with Crippen molar-refractivity contribution in [2.75, 3.05) is 31.2 Å². The summed E-state index contributed by atoms with van der Waals surface area (Å²) in [6, 6.07) is 2.73. The van der Waals surface area contributed by atoms with E-state index in [9.17, 15) is 9.18 Å². The third kappa shape index (κ3) is 3.59. The zero-order valence-corrected chi connectivity index (χ0v) is 11.3. The zero-order valence-electron chi connectivity index (χ0n) is 9.76. The summed E-state index contributed by atoms with van der Waals surface area (Å²) in [4.78, 5) is 13.1. The number of carbonyl (C=O) groups is 1. The maximum Gasteiger partial charge on any atom is 0.241 e. The number of nitrogen functional groups attached to an aromatic ring is 1. The van der Waals surface area contributed by atoms with Gasteiger partial charge in [-0.1, -0.05) is 0 Å². The van der Waals surface area contributed by atoms with Crippen molar-refractivity contribution in [3.8, 4) is 0 Å². The summed E-state index contributed by atoms with van der Waals surface area (Å²) in [6.45, 7) is 2.60. The Morgan fingerprint density at radius 1 is 1.59 bits per heavy atom. The highest BCUT2D eigenvalue weighted by Gasteiger charge is 2.09. The first-order valence-electron chi connectivity index (χ1n) is 5.18. The molecule has 0 radical (unpaired) electrons. The van der Waals surface area contributed by atoms with E-state index in [1.807, 2.05) is 6.92 Å². The fourth-order valence-electron chi connectivity index (χ4n) is 1.20. The van der Waals surface area contributed by atoms with Gasteiger partial charge in [-0.2, -0.15) is 0 Å². The molecule has 0 bridgehead atoms. The number of likely N-dealkylation sites (N-methyl/N-ethyl adjacent to an activating group) is 1. The SMILES string of the molecule is CCN(C)C(=O)CNc1cc(F)c(Br)cc1N. The number of anilines is 2. The van der Waals surface area contributed by atoms with Gasteiger partial charge < -0.3 is 16.0 Å². The smallest absolute Gasteiger partial charge is 0.241 e. The molecule has 0 aliphatic heterocycles. The number of carbonyl (C=O) groups excluding carboxylic acids is 1. The van der Waals surface area contributed by atoms with Crippen molar-refractivity contribution in [1.82, 2.24) is 4.90 Å². The second-order valence-electron chi connectivity index (χ2n) is 3.62. The number of rotatable bonds is 4. The van der Waals surface area contributed by atoms with Crippen molar-refractivity contribution in [2.45, 2.75) is 6.92 Å². The van der Waals surface area contributed by atoms with Gasteiger partial charge >= 0.3 is 0 Å². The normalized spacial score (nSPS) is 10.1. The molecule has 1 amide bonds. The maximum atomic E-state index is 13.3. The van der Waals surface area contributed by atoms with Crippen molar-refractivity contribution in [3.05, 3.63) is 22.4 Å². The van der Waals surface area contributed by atoms with E-state index in [2.05, 4.69) is 21.2 Å². The molecule has 1 aromatic carbocycles. The predicted octanol–water partition coefficient (Wildman–Crippen LogP) is 2.06. The molecule has 0 aliphatic carbocycles. The van der Waals surface area contributed by atoms with Crippen LogP contribution in [-0.2, 0) is 4.79 Å². The molecule has 0 aromatic heterocycles. The Balaban J connectivity index is 2.70. The van der Waals surface area contributed by atoms with Crippen LogP contribution < -0.4 is 11.1 Å². The minimum Gasteiger partial charge on any atom is -0.397 e. The van der Waals surface area contributed by atoms with Gasteiger partial charge in [-0.25, -0.2) is 4.39 Å². The second-order valence-corrected chi connectivity index (χ2v) is 4.47. The first-order valence-corrected chi connectivity index (χ1v) is 5.97. The molecule has 0 saturated heterocycles. The van der Waals surface area contributed by atoms with Gasteiger partial charge in [0.05, 0.1) is 22.4 Å². The van der Waals surface area contributed by atoms with Crippen LogP contribution in [0, 0.1) is 5.82 Å². The van der Waals surface area contributed by atoms with E-state index in [1.165, 1.54) is 12.1 Å². The van der Waals surface area contributed by atoms with E-state index in [1.54, 1.807) is 11.9 Å². The highest BCUT2D eigenvalue weighted by atomic mass is 79.9. The Morgan fingerprint density at radius 3 is 2.82 bits per heavy atom. The van der Waals surface area contributed by atoms with Crippen LogP contribution in [0.5, 0.6) is 0 Å². The minimum absolute atomic E-state index is 0.0739. The molecule has 0 aliphatic rings. The number of amides is 1. The van der Waals surface area contributed by atoms with Crippen molar-refractivity contribution in [1.29, 1.82) is 0 Å². The number of nitrogens with one attached hydrogen (secondary N) is 1. The Morgan fingerprint density at radius 2 is 2.24 bits per heavy atom. The van der Waals surface area contributed by atoms with Gasteiger partial charge in [0.15, 0.2) is 0 Å². The van der Waals surface area contributed by atoms with E-state index < -0.39 is 5.82 Å². The van der Waals surface area contributed by atoms with E-state index in [4.69, 9.17) is 5.73 Å². The van der Waals surface area contributed by atoms with Crippen LogP contribution in [0.25, 0.3) is 0 Å². The molecule has 0 fully saturated rings. The summed E-state index contributed by atoms with van der Waals surface area (Å²) in [6.07, 6.45) is 0. The predicted molar refractivity (Wildman–Crippen MR) is 70.3 cm³/mol. The quantitative estimate of drug-likeness (QED) is 0.837. The van der Waals surface area contributed by atoms with Gasteiger partial charge in [-0.15, -0.1) is 0 Å². The molecular weight excluding hydrogens is 289 g/mol. The number of nitrogens with zero attached hydrogens (tertiary/aromatic N) is 1. The average molecular weight is 304 g/mol. The van der Waals surface area contributed by atoms with Crippen LogP contribution >= 0.6 is 15.9 Å². The highest BCUT2D eigenvalue weighted by molar-refractivity contribution is 9.10. The fraction of sp³-hybridized carbons (Fsp3) is 0.364. The molecule has 0 atom stereocenters. The first-order chi connectivity index (χ1) is 7.95. The van der Waals surface area contributed by atoms with E-state index in [0.29, 0.717) is 22.4 Å². The lowest BCUT2D eigenvalue weighted by atomic mass is 10.2. The lowest BCUT2D eigenvalue weighted by Crippen LogP contribution is -2.32. The molecule has 94 valence electrons. The minimum atomic E-state index is -0.419. The van der Waals surface area contributed by atoms with Crippen molar-refractivity contribution in [2.24, 2.45) is 0 Å². The van der Waals surface area contributed by atoms with E-state index in [-0.39, 0.29) is 12.5 Å². The largest absolute Gasteiger partial charge is 0.397 e. The summed E-state index contributed by atoms with van der Waals surface area (Å²) in [5.74, 6) is -0.492. The molecule has 0 heterocycles. The summed E-state index contributed by atoms with van der Waals surface area (Å²) in [5, 5.41) is 2.82. The molecule has 3 N–H and O–H groups in total. The standard InChI is InChI=1S/C11H15BrFN3O/c1-3-16(2)11(17)6-15-10-5-8(13)7(12)4-9(10)14/h4-5,15H,3,6,14H2,1-2H3. The lowest BCUT2D eigenvalue weighted by molar-refractivity contribution is -0.127. The molecule has 0 unspecified atom stereocenters. The van der Waals surface area contributed by atoms with Gasteiger partial charge in [0.1, 0.15) is 5.82 Å². The number of nitrogens with two attached hydrogens (primary N) is 1. The summed E-state index contributed by atoms with van der Waals surface area (Å²) in [7, 11) is 1.70. The van der Waals surface area contributed by atoms with Crippen molar-refractivity contribution < 1.29 is 9.18 Å². The third-order valence-electron chi connectivity index (χ3n) is 2.42. The number of hydrogen-bond donors (Lipinski definition) is 2. The Kier molecular flexibility index (Phi) is 4.74. The number of benzene rings is 1. The van der Waals surface area contributed by atoms with Gasteiger partial charge in [0, 0.05) is 19.7 Å². The molecule has 4 nitrogen and oxygen atoms in total. The number of hydrogen-bond acceptors (Lipinski definition) is 3. The van der Waals surface area contributed by atoms with Crippen molar-refractivity contribution in [3.63, 3.8) is 0 Å². The highest BCUT2D eigenvalue weighted by Crippen LogP contribution is 2.26. The Bertz CT molecular complexity index is 425. The third-order valence-corrected chi connectivity index (χ3v) is 3.03. The van der Waals surface area contributed by atoms with Crippen LogP contribution in [0.1, 0.15) is 6.92 Å². The Hall–Kier alpha value is -1.30. The van der Waals surface area contributed by atoms with Crippen LogP contribution in [0.3, 0.4) is 0 Å². The van der Waals surface area contributed by atoms with Gasteiger partial charge in [-0.05, 0) is 28.9 Å². The molecule has 17 heavy (non-hydrogen) atoms. The van der Waals surface area contributed by atoms with E-state index in [0.717, 1.165) is 0 Å². The second kappa shape index (κ2) is 5.86. The summed E-state index contributed by atoms with van der Waals surface area (Å²) < 4.78 is 13.6. The molecule has 0 spiro atoms. The fourth-order valence-corrected chi connectivity index (χ4v) is 1.56. The molecular formula is C11H15BrFN3O. The van der Waals surface area contributed by atoms with Crippen molar-refractivity contribution >= 4 is 33.2 Å². The molecule has 1 rings (SSSR count). The average Bonchev–Trinajstić information content (AvgIpc) is 2.30. The van der Waals surface area contributed by atoms with Crippen LogP contribution in [0.15, 0.2) is 16.6 Å². The topological polar surface area (TPSA) is 58.4 Å². The van der Waals surface area contributed by atoms with Crippen LogP contribution in [0.2, 0.25) is 0 Å². The maximum absolute atomic E-state index is 13.3. The summed E-state index contributed by atoms with van der Waals surface area (Å²) >= 11 is 3.04. The monoisotopic (exact) mass is 303 g/mol. The van der Waals surface area contributed by atoms with E-state index >= 15 is 0 Å². The molecule has 6 heteroatoms. The first kappa shape index (κ1) is 13.8.